The lowest BCUT2D eigenvalue weighted by molar-refractivity contribution is 0.784. The van der Waals surface area contributed by atoms with Crippen molar-refractivity contribution in [3.05, 3.63) is 68.5 Å². The molecule has 0 radical (unpaired) electrons. The van der Waals surface area contributed by atoms with Gasteiger partial charge in [-0.15, -0.1) is 0 Å². The highest BCUT2D eigenvalue weighted by atomic mass is 79.9. The first-order chi connectivity index (χ1) is 9.15. The molecule has 0 bridgehead atoms. The smallest absolute Gasteiger partial charge is 0.306 e. The number of hydrogen-bond acceptors (Lipinski definition) is 1. The zero-order valence-electron chi connectivity index (χ0n) is 10.5. The van der Waals surface area contributed by atoms with Crippen LogP contribution in [0.5, 0.6) is 0 Å². The third kappa shape index (κ3) is 2.24. The maximum atomic E-state index is 12.1. The first-order valence-corrected chi connectivity index (χ1v) is 6.87. The fourth-order valence-electron chi connectivity index (χ4n) is 2.37. The quantitative estimate of drug-likeness (QED) is 0.772. The van der Waals surface area contributed by atoms with Gasteiger partial charge in [0.2, 0.25) is 0 Å². The van der Waals surface area contributed by atoms with E-state index in [4.69, 9.17) is 0 Å². The summed E-state index contributed by atoms with van der Waals surface area (Å²) in [5, 5.41) is 0. The summed E-state index contributed by atoms with van der Waals surface area (Å²) >= 11 is 3.45. The fourth-order valence-corrected chi connectivity index (χ4v) is 2.82. The number of H-pyrrole nitrogens is 1. The number of para-hydroxylation sites is 1. The van der Waals surface area contributed by atoms with Gasteiger partial charge in [-0.05, 0) is 36.2 Å². The number of aryl methyl sites for hydroxylation is 1. The minimum absolute atomic E-state index is 0.0655. The molecule has 1 N–H and O–H groups in total. The molecule has 0 spiro atoms. The molecule has 0 unspecified atom stereocenters. The third-order valence-corrected chi connectivity index (χ3v) is 3.72. The first-order valence-electron chi connectivity index (χ1n) is 6.08. The van der Waals surface area contributed by atoms with Crippen LogP contribution >= 0.6 is 15.9 Å². The molecule has 3 nitrogen and oxygen atoms in total. The standard InChI is InChI=1S/C15H13BrN2O/c1-10-4-2-7-13-14(10)18(15(19)17-13)9-11-5-3-6-12(16)8-11/h2-8H,9H2,1H3,(H,17,19). The van der Waals surface area contributed by atoms with E-state index in [2.05, 4.69) is 20.9 Å². The Kier molecular flexibility index (Phi) is 3.03. The van der Waals surface area contributed by atoms with Gasteiger partial charge in [0, 0.05) is 4.47 Å². The fraction of sp³-hybridized carbons (Fsp3) is 0.133. The number of halogens is 1. The van der Waals surface area contributed by atoms with Crippen molar-refractivity contribution in [3.8, 4) is 0 Å². The molecule has 0 fully saturated rings. The van der Waals surface area contributed by atoms with E-state index in [1.54, 1.807) is 4.57 Å². The zero-order valence-corrected chi connectivity index (χ0v) is 12.1. The molecule has 0 aliphatic carbocycles. The molecule has 3 rings (SSSR count). The molecule has 96 valence electrons. The number of imidazole rings is 1. The lowest BCUT2D eigenvalue weighted by Crippen LogP contribution is -2.17. The van der Waals surface area contributed by atoms with E-state index >= 15 is 0 Å². The Morgan fingerprint density at radius 3 is 2.79 bits per heavy atom. The van der Waals surface area contributed by atoms with Crippen LogP contribution in [-0.2, 0) is 6.54 Å². The average molecular weight is 317 g/mol. The monoisotopic (exact) mass is 316 g/mol. The van der Waals surface area contributed by atoms with Crippen molar-refractivity contribution < 1.29 is 0 Å². The van der Waals surface area contributed by atoms with Crippen molar-refractivity contribution in [2.75, 3.05) is 0 Å². The van der Waals surface area contributed by atoms with Crippen LogP contribution in [-0.4, -0.2) is 9.55 Å². The largest absolute Gasteiger partial charge is 0.326 e. The minimum atomic E-state index is -0.0655. The van der Waals surface area contributed by atoms with Crippen LogP contribution in [0.15, 0.2) is 51.7 Å². The lowest BCUT2D eigenvalue weighted by Gasteiger charge is -2.06. The predicted molar refractivity (Wildman–Crippen MR) is 80.5 cm³/mol. The van der Waals surface area contributed by atoms with Crippen molar-refractivity contribution in [3.63, 3.8) is 0 Å². The number of hydrogen-bond donors (Lipinski definition) is 1. The second-order valence-corrected chi connectivity index (χ2v) is 5.53. The minimum Gasteiger partial charge on any atom is -0.306 e. The molecule has 0 aliphatic heterocycles. The number of aromatic amines is 1. The van der Waals surface area contributed by atoms with Crippen LogP contribution < -0.4 is 5.69 Å². The highest BCUT2D eigenvalue weighted by Crippen LogP contribution is 2.17. The number of nitrogens with one attached hydrogen (secondary N) is 1. The van der Waals surface area contributed by atoms with Crippen molar-refractivity contribution in [1.29, 1.82) is 0 Å². The SMILES string of the molecule is Cc1cccc2[nH]c(=O)n(Cc3cccc(Br)c3)c12. The summed E-state index contributed by atoms with van der Waals surface area (Å²) in [6.07, 6.45) is 0. The van der Waals surface area contributed by atoms with Crippen molar-refractivity contribution >= 4 is 27.0 Å². The highest BCUT2D eigenvalue weighted by molar-refractivity contribution is 9.10. The van der Waals surface area contributed by atoms with Gasteiger partial charge in [0.15, 0.2) is 0 Å². The second kappa shape index (κ2) is 4.70. The summed E-state index contributed by atoms with van der Waals surface area (Å²) in [6, 6.07) is 13.9. The zero-order chi connectivity index (χ0) is 13.4. The van der Waals surface area contributed by atoms with E-state index in [0.29, 0.717) is 6.54 Å². The molecule has 0 saturated heterocycles. The van der Waals surface area contributed by atoms with Crippen molar-refractivity contribution in [2.24, 2.45) is 0 Å². The van der Waals surface area contributed by atoms with Gasteiger partial charge in [0.1, 0.15) is 0 Å². The lowest BCUT2D eigenvalue weighted by atomic mass is 10.2. The van der Waals surface area contributed by atoms with Gasteiger partial charge in [-0.2, -0.15) is 0 Å². The topological polar surface area (TPSA) is 37.8 Å². The summed E-state index contributed by atoms with van der Waals surface area (Å²) in [5.41, 5.74) is 4.00. The highest BCUT2D eigenvalue weighted by Gasteiger charge is 2.09. The summed E-state index contributed by atoms with van der Waals surface area (Å²) in [5.74, 6) is 0. The van der Waals surface area contributed by atoms with E-state index in [9.17, 15) is 4.79 Å². The van der Waals surface area contributed by atoms with Crippen LogP contribution in [0.1, 0.15) is 11.1 Å². The summed E-state index contributed by atoms with van der Waals surface area (Å²) in [4.78, 5) is 15.0. The first kappa shape index (κ1) is 12.2. The maximum absolute atomic E-state index is 12.1. The third-order valence-electron chi connectivity index (χ3n) is 3.22. The number of fused-ring (bicyclic) bond motifs is 1. The molecule has 0 aliphatic rings. The number of rotatable bonds is 2. The molecule has 0 atom stereocenters. The van der Waals surface area contributed by atoms with Crippen molar-refractivity contribution in [1.82, 2.24) is 9.55 Å². The Bertz CT molecular complexity index is 801. The van der Waals surface area contributed by atoms with Crippen molar-refractivity contribution in [2.45, 2.75) is 13.5 Å². The molecule has 1 aromatic heterocycles. The van der Waals surface area contributed by atoms with Gasteiger partial charge in [-0.1, -0.05) is 40.2 Å². The summed E-state index contributed by atoms with van der Waals surface area (Å²) < 4.78 is 2.81. The van der Waals surface area contributed by atoms with Gasteiger partial charge in [-0.25, -0.2) is 4.79 Å². The van der Waals surface area contributed by atoms with E-state index in [1.807, 2.05) is 49.4 Å². The van der Waals surface area contributed by atoms with Crippen LogP contribution in [0.25, 0.3) is 11.0 Å². The van der Waals surface area contributed by atoms with Crippen LogP contribution in [0, 0.1) is 6.92 Å². The molecule has 19 heavy (non-hydrogen) atoms. The second-order valence-electron chi connectivity index (χ2n) is 4.62. The summed E-state index contributed by atoms with van der Waals surface area (Å²) in [6.45, 7) is 2.59. The molecule has 0 amide bonds. The average Bonchev–Trinajstić information content (AvgIpc) is 2.67. The van der Waals surface area contributed by atoms with Crippen LogP contribution in [0.2, 0.25) is 0 Å². The Morgan fingerprint density at radius 2 is 2.00 bits per heavy atom. The predicted octanol–water partition coefficient (Wildman–Crippen LogP) is 3.45. The van der Waals surface area contributed by atoms with Gasteiger partial charge in [-0.3, -0.25) is 4.57 Å². The van der Waals surface area contributed by atoms with E-state index in [-0.39, 0.29) is 5.69 Å². The molecule has 3 aromatic rings. The molecule has 2 aromatic carbocycles. The number of nitrogens with zero attached hydrogens (tertiary/aromatic N) is 1. The Balaban J connectivity index is 2.15. The van der Waals surface area contributed by atoms with E-state index in [1.165, 1.54) is 0 Å². The number of aromatic nitrogens is 2. The van der Waals surface area contributed by atoms with E-state index in [0.717, 1.165) is 26.6 Å². The Hall–Kier alpha value is -1.81. The molecule has 4 heteroatoms. The normalized spacial score (nSPS) is 11.1. The van der Waals surface area contributed by atoms with Gasteiger partial charge >= 0.3 is 5.69 Å². The van der Waals surface area contributed by atoms with Crippen LogP contribution in [0.3, 0.4) is 0 Å². The number of benzene rings is 2. The van der Waals surface area contributed by atoms with E-state index < -0.39 is 0 Å². The molecule has 1 heterocycles. The Morgan fingerprint density at radius 1 is 1.21 bits per heavy atom. The van der Waals surface area contributed by atoms with Gasteiger partial charge < -0.3 is 4.98 Å². The maximum Gasteiger partial charge on any atom is 0.326 e. The molecular formula is C15H13BrN2O. The molecule has 0 saturated carbocycles. The molecular weight excluding hydrogens is 304 g/mol. The van der Waals surface area contributed by atoms with Gasteiger partial charge in [0.05, 0.1) is 17.6 Å². The summed E-state index contributed by atoms with van der Waals surface area (Å²) in [7, 11) is 0. The van der Waals surface area contributed by atoms with Gasteiger partial charge in [0.25, 0.3) is 0 Å². The van der Waals surface area contributed by atoms with Crippen LogP contribution in [0.4, 0.5) is 0 Å². The Labute approximate surface area is 119 Å².